The third kappa shape index (κ3) is 3.58. The molecule has 2 heteroatoms. The predicted molar refractivity (Wildman–Crippen MR) is 61.6 cm³/mol. The lowest BCUT2D eigenvalue weighted by Crippen LogP contribution is -1.99. The highest BCUT2D eigenvalue weighted by Crippen LogP contribution is 2.15. The summed E-state index contributed by atoms with van der Waals surface area (Å²) in [6, 6.07) is 9.24. The van der Waals surface area contributed by atoms with E-state index in [4.69, 9.17) is 5.11 Å². The van der Waals surface area contributed by atoms with E-state index in [1.807, 2.05) is 30.3 Å². The van der Waals surface area contributed by atoms with E-state index in [9.17, 15) is 4.79 Å². The number of unbranched alkanes of at least 4 members (excludes halogenated alkanes) is 2. The molecular formula is C13H16O2. The molecule has 0 aliphatic rings. The molecule has 15 heavy (non-hydrogen) atoms. The monoisotopic (exact) mass is 204 g/mol. The molecule has 0 bridgehead atoms. The lowest BCUT2D eigenvalue weighted by Gasteiger charge is -2.02. The fraction of sp³-hybridized carbons (Fsp3) is 0.308. The number of hydrogen-bond acceptors (Lipinski definition) is 1. The first-order valence-electron chi connectivity index (χ1n) is 5.24. The SMILES string of the molecule is CCCCC=C(C(=O)O)c1ccccc1. The maximum Gasteiger partial charge on any atom is 0.335 e. The van der Waals surface area contributed by atoms with Gasteiger partial charge in [-0.2, -0.15) is 0 Å². The number of carboxylic acid groups (broad SMARTS) is 1. The summed E-state index contributed by atoms with van der Waals surface area (Å²) in [6.07, 6.45) is 4.75. The quantitative estimate of drug-likeness (QED) is 0.590. The minimum absolute atomic E-state index is 0.407. The van der Waals surface area contributed by atoms with E-state index >= 15 is 0 Å². The first kappa shape index (κ1) is 11.5. The number of allylic oxidation sites excluding steroid dienone is 1. The molecule has 1 aromatic carbocycles. The second-order valence-corrected chi connectivity index (χ2v) is 3.43. The Labute approximate surface area is 90.3 Å². The molecule has 0 radical (unpaired) electrons. The summed E-state index contributed by atoms with van der Waals surface area (Å²) in [4.78, 5) is 11.0. The molecule has 0 unspecified atom stereocenters. The maximum atomic E-state index is 11.0. The van der Waals surface area contributed by atoms with Gasteiger partial charge in [-0.1, -0.05) is 56.2 Å². The molecule has 0 heterocycles. The minimum atomic E-state index is -0.850. The Morgan fingerprint density at radius 3 is 2.53 bits per heavy atom. The van der Waals surface area contributed by atoms with Crippen molar-refractivity contribution in [3.63, 3.8) is 0 Å². The standard InChI is InChI=1S/C13H16O2/c1-2-3-5-10-12(13(14)15)11-8-6-4-7-9-11/h4,6-10H,2-3,5H2,1H3,(H,14,15). The predicted octanol–water partition coefficient (Wildman–Crippen LogP) is 3.34. The van der Waals surface area contributed by atoms with Gasteiger partial charge in [-0.15, -0.1) is 0 Å². The topological polar surface area (TPSA) is 37.3 Å². The summed E-state index contributed by atoms with van der Waals surface area (Å²) in [5.41, 5.74) is 1.19. The second kappa shape index (κ2) is 6.02. The van der Waals surface area contributed by atoms with Crippen LogP contribution in [0.3, 0.4) is 0 Å². The Hall–Kier alpha value is -1.57. The van der Waals surface area contributed by atoms with E-state index in [1.54, 1.807) is 6.08 Å². The zero-order valence-corrected chi connectivity index (χ0v) is 8.94. The van der Waals surface area contributed by atoms with Gasteiger partial charge in [-0.05, 0) is 12.0 Å². The smallest absolute Gasteiger partial charge is 0.335 e. The number of carboxylic acids is 1. The van der Waals surface area contributed by atoms with Gasteiger partial charge < -0.3 is 5.11 Å². The molecule has 0 fully saturated rings. The van der Waals surface area contributed by atoms with Crippen LogP contribution in [0.5, 0.6) is 0 Å². The van der Waals surface area contributed by atoms with Crippen molar-refractivity contribution in [3.8, 4) is 0 Å². The third-order valence-electron chi connectivity index (χ3n) is 2.22. The van der Waals surface area contributed by atoms with Crippen LogP contribution in [0.2, 0.25) is 0 Å². The average Bonchev–Trinajstić information content (AvgIpc) is 2.25. The largest absolute Gasteiger partial charge is 0.478 e. The molecule has 0 amide bonds. The summed E-state index contributed by atoms with van der Waals surface area (Å²) >= 11 is 0. The molecule has 1 N–H and O–H groups in total. The van der Waals surface area contributed by atoms with Crippen LogP contribution in [0, 0.1) is 0 Å². The van der Waals surface area contributed by atoms with Crippen molar-refractivity contribution in [2.24, 2.45) is 0 Å². The Kier molecular flexibility index (Phi) is 4.61. The van der Waals surface area contributed by atoms with Crippen LogP contribution >= 0.6 is 0 Å². The van der Waals surface area contributed by atoms with Gasteiger partial charge in [0.25, 0.3) is 0 Å². The molecule has 0 saturated carbocycles. The zero-order valence-electron chi connectivity index (χ0n) is 8.94. The Balaban J connectivity index is 2.84. The molecular weight excluding hydrogens is 188 g/mol. The zero-order chi connectivity index (χ0) is 11.1. The van der Waals surface area contributed by atoms with Gasteiger partial charge >= 0.3 is 5.97 Å². The lowest BCUT2D eigenvalue weighted by atomic mass is 10.0. The van der Waals surface area contributed by atoms with Gasteiger partial charge in [0, 0.05) is 0 Å². The van der Waals surface area contributed by atoms with Crippen LogP contribution in [0.1, 0.15) is 31.7 Å². The Bertz CT molecular complexity index is 339. The van der Waals surface area contributed by atoms with Gasteiger partial charge in [0.15, 0.2) is 0 Å². The number of rotatable bonds is 5. The summed E-state index contributed by atoms with van der Waals surface area (Å²) < 4.78 is 0. The van der Waals surface area contributed by atoms with Gasteiger partial charge in [0.05, 0.1) is 5.57 Å². The highest BCUT2D eigenvalue weighted by molar-refractivity contribution is 6.15. The fourth-order valence-electron chi connectivity index (χ4n) is 1.40. The van der Waals surface area contributed by atoms with Gasteiger partial charge in [0.1, 0.15) is 0 Å². The molecule has 0 atom stereocenters. The normalized spacial score (nSPS) is 11.4. The van der Waals surface area contributed by atoms with Crippen LogP contribution in [0.4, 0.5) is 0 Å². The van der Waals surface area contributed by atoms with Crippen molar-refractivity contribution in [2.75, 3.05) is 0 Å². The molecule has 80 valence electrons. The van der Waals surface area contributed by atoms with Gasteiger partial charge in [-0.25, -0.2) is 4.79 Å². The van der Waals surface area contributed by atoms with E-state index in [2.05, 4.69) is 6.92 Å². The number of aliphatic carboxylic acids is 1. The maximum absolute atomic E-state index is 11.0. The second-order valence-electron chi connectivity index (χ2n) is 3.43. The molecule has 0 aliphatic heterocycles. The van der Waals surface area contributed by atoms with Crippen LogP contribution < -0.4 is 0 Å². The lowest BCUT2D eigenvalue weighted by molar-refractivity contribution is -0.130. The highest BCUT2D eigenvalue weighted by atomic mass is 16.4. The molecule has 0 aromatic heterocycles. The third-order valence-corrected chi connectivity index (χ3v) is 2.22. The molecule has 1 aromatic rings. The van der Waals surface area contributed by atoms with Crippen LogP contribution in [-0.2, 0) is 4.79 Å². The van der Waals surface area contributed by atoms with Gasteiger partial charge in [-0.3, -0.25) is 0 Å². The first-order chi connectivity index (χ1) is 7.25. The number of hydrogen-bond donors (Lipinski definition) is 1. The van der Waals surface area contributed by atoms with E-state index in [1.165, 1.54) is 0 Å². The Morgan fingerprint density at radius 2 is 2.00 bits per heavy atom. The summed E-state index contributed by atoms with van der Waals surface area (Å²) in [6.45, 7) is 2.09. The van der Waals surface area contributed by atoms with E-state index < -0.39 is 5.97 Å². The Morgan fingerprint density at radius 1 is 1.33 bits per heavy atom. The van der Waals surface area contributed by atoms with Crippen LogP contribution in [-0.4, -0.2) is 11.1 Å². The summed E-state index contributed by atoms with van der Waals surface area (Å²) in [7, 11) is 0. The molecule has 0 saturated heterocycles. The van der Waals surface area contributed by atoms with E-state index in [-0.39, 0.29) is 0 Å². The molecule has 0 aliphatic carbocycles. The van der Waals surface area contributed by atoms with Crippen LogP contribution in [0.15, 0.2) is 36.4 Å². The fourth-order valence-corrected chi connectivity index (χ4v) is 1.40. The summed E-state index contributed by atoms with van der Waals surface area (Å²) in [5, 5.41) is 9.06. The van der Waals surface area contributed by atoms with Crippen molar-refractivity contribution in [3.05, 3.63) is 42.0 Å². The molecule has 2 nitrogen and oxygen atoms in total. The molecule has 0 spiro atoms. The minimum Gasteiger partial charge on any atom is -0.478 e. The average molecular weight is 204 g/mol. The van der Waals surface area contributed by atoms with Crippen molar-refractivity contribution < 1.29 is 9.90 Å². The first-order valence-corrected chi connectivity index (χ1v) is 5.24. The van der Waals surface area contributed by atoms with Crippen molar-refractivity contribution in [2.45, 2.75) is 26.2 Å². The number of benzene rings is 1. The number of carbonyl (C=O) groups is 1. The summed E-state index contributed by atoms with van der Waals surface area (Å²) in [5.74, 6) is -0.850. The highest BCUT2D eigenvalue weighted by Gasteiger charge is 2.08. The van der Waals surface area contributed by atoms with E-state index in [0.717, 1.165) is 24.8 Å². The van der Waals surface area contributed by atoms with Gasteiger partial charge in [0.2, 0.25) is 0 Å². The van der Waals surface area contributed by atoms with Crippen molar-refractivity contribution in [1.29, 1.82) is 0 Å². The van der Waals surface area contributed by atoms with Crippen molar-refractivity contribution >= 4 is 11.5 Å². The molecule has 1 rings (SSSR count). The van der Waals surface area contributed by atoms with Crippen molar-refractivity contribution in [1.82, 2.24) is 0 Å². The van der Waals surface area contributed by atoms with E-state index in [0.29, 0.717) is 5.57 Å². The van der Waals surface area contributed by atoms with Crippen LogP contribution in [0.25, 0.3) is 5.57 Å².